The zero-order chi connectivity index (χ0) is 10.8. The van der Waals surface area contributed by atoms with E-state index < -0.39 is 0 Å². The van der Waals surface area contributed by atoms with E-state index in [1.165, 1.54) is 19.4 Å². The molecule has 14 heavy (non-hydrogen) atoms. The van der Waals surface area contributed by atoms with Crippen LogP contribution in [0.15, 0.2) is 0 Å². The minimum Gasteiger partial charge on any atom is -0.311 e. The van der Waals surface area contributed by atoms with E-state index in [-0.39, 0.29) is 0 Å². The molecule has 0 amide bonds. The molecular formula is C12H26N2. The fourth-order valence-electron chi connectivity index (χ4n) is 2.41. The third-order valence-electron chi connectivity index (χ3n) is 3.15. The average molecular weight is 198 g/mol. The summed E-state index contributed by atoms with van der Waals surface area (Å²) in [7, 11) is 0. The van der Waals surface area contributed by atoms with E-state index in [2.05, 4.69) is 44.8 Å². The van der Waals surface area contributed by atoms with Gasteiger partial charge in [-0.1, -0.05) is 13.3 Å². The lowest BCUT2D eigenvalue weighted by Crippen LogP contribution is -2.60. The zero-order valence-electron chi connectivity index (χ0n) is 10.4. The summed E-state index contributed by atoms with van der Waals surface area (Å²) in [6, 6.07) is 1.37. The predicted octanol–water partition coefficient (Wildman–Crippen LogP) is 2.25. The van der Waals surface area contributed by atoms with Gasteiger partial charge in [0, 0.05) is 30.7 Å². The van der Waals surface area contributed by atoms with Gasteiger partial charge >= 0.3 is 0 Å². The molecule has 2 heteroatoms. The number of hydrogen-bond acceptors (Lipinski definition) is 2. The van der Waals surface area contributed by atoms with Crippen LogP contribution in [0.1, 0.15) is 47.5 Å². The second-order valence-electron chi connectivity index (χ2n) is 5.57. The molecule has 0 aromatic heterocycles. The molecule has 0 aromatic rings. The average Bonchev–Trinajstić information content (AvgIpc) is 2.07. The van der Waals surface area contributed by atoms with Crippen molar-refractivity contribution in [1.82, 2.24) is 10.2 Å². The lowest BCUT2D eigenvalue weighted by Gasteiger charge is -2.46. The van der Waals surface area contributed by atoms with E-state index in [1.807, 2.05) is 0 Å². The lowest BCUT2D eigenvalue weighted by molar-refractivity contribution is 0.0479. The van der Waals surface area contributed by atoms with Gasteiger partial charge in [-0.2, -0.15) is 0 Å². The minimum atomic E-state index is 0.313. The van der Waals surface area contributed by atoms with Crippen molar-refractivity contribution in [2.45, 2.75) is 65.1 Å². The molecule has 1 fully saturated rings. The monoisotopic (exact) mass is 198 g/mol. The van der Waals surface area contributed by atoms with Gasteiger partial charge in [-0.15, -0.1) is 0 Å². The van der Waals surface area contributed by atoms with Gasteiger partial charge in [0.05, 0.1) is 0 Å². The highest BCUT2D eigenvalue weighted by atomic mass is 15.3. The molecule has 0 radical (unpaired) electrons. The summed E-state index contributed by atoms with van der Waals surface area (Å²) in [5.41, 5.74) is 0.313. The van der Waals surface area contributed by atoms with Crippen molar-refractivity contribution in [1.29, 1.82) is 0 Å². The van der Waals surface area contributed by atoms with Gasteiger partial charge in [-0.25, -0.2) is 0 Å². The van der Waals surface area contributed by atoms with Crippen molar-refractivity contribution in [3.63, 3.8) is 0 Å². The highest BCUT2D eigenvalue weighted by Crippen LogP contribution is 2.20. The molecule has 1 aliphatic rings. The first-order chi connectivity index (χ1) is 6.45. The Morgan fingerprint density at radius 1 is 1.36 bits per heavy atom. The predicted molar refractivity (Wildman–Crippen MR) is 62.6 cm³/mol. The number of rotatable bonds is 2. The third-order valence-corrected chi connectivity index (χ3v) is 3.15. The van der Waals surface area contributed by atoms with Crippen molar-refractivity contribution >= 4 is 0 Å². The van der Waals surface area contributed by atoms with Crippen LogP contribution in [0.3, 0.4) is 0 Å². The smallest absolute Gasteiger partial charge is 0.0198 e. The fourth-order valence-corrected chi connectivity index (χ4v) is 2.41. The van der Waals surface area contributed by atoms with Crippen LogP contribution in [0, 0.1) is 0 Å². The van der Waals surface area contributed by atoms with Gasteiger partial charge in [0.15, 0.2) is 0 Å². The maximum atomic E-state index is 3.63. The second-order valence-corrected chi connectivity index (χ2v) is 5.57. The Morgan fingerprint density at radius 2 is 2.00 bits per heavy atom. The summed E-state index contributed by atoms with van der Waals surface area (Å²) < 4.78 is 0. The zero-order valence-corrected chi connectivity index (χ0v) is 10.4. The standard InChI is InChI=1S/C12H26N2/c1-6-7-11-9-14(12(3,4)5)10(2)8-13-11/h10-11,13H,6-9H2,1-5H3. The van der Waals surface area contributed by atoms with Crippen LogP contribution in [0.2, 0.25) is 0 Å². The molecule has 0 saturated carbocycles. The first-order valence-corrected chi connectivity index (χ1v) is 5.95. The molecule has 0 spiro atoms. The summed E-state index contributed by atoms with van der Waals surface area (Å²) in [5, 5.41) is 3.63. The Hall–Kier alpha value is -0.0800. The summed E-state index contributed by atoms with van der Waals surface area (Å²) in [4.78, 5) is 2.63. The molecule has 1 saturated heterocycles. The molecule has 1 N–H and O–H groups in total. The first kappa shape index (κ1) is 12.0. The van der Waals surface area contributed by atoms with Gasteiger partial charge < -0.3 is 5.32 Å². The molecule has 2 unspecified atom stereocenters. The highest BCUT2D eigenvalue weighted by molar-refractivity contribution is 4.90. The van der Waals surface area contributed by atoms with Crippen LogP contribution in [0.5, 0.6) is 0 Å². The summed E-state index contributed by atoms with van der Waals surface area (Å²) >= 11 is 0. The van der Waals surface area contributed by atoms with E-state index in [0.29, 0.717) is 17.6 Å². The van der Waals surface area contributed by atoms with Gasteiger partial charge in [0.2, 0.25) is 0 Å². The summed E-state index contributed by atoms with van der Waals surface area (Å²) in [6.45, 7) is 13.9. The molecule has 2 nitrogen and oxygen atoms in total. The van der Waals surface area contributed by atoms with Crippen LogP contribution in [-0.4, -0.2) is 35.6 Å². The van der Waals surface area contributed by atoms with Crippen molar-refractivity contribution in [3.8, 4) is 0 Å². The Balaban J connectivity index is 2.55. The van der Waals surface area contributed by atoms with Gasteiger partial charge in [0.1, 0.15) is 0 Å². The van der Waals surface area contributed by atoms with Crippen LogP contribution < -0.4 is 5.32 Å². The highest BCUT2D eigenvalue weighted by Gasteiger charge is 2.31. The van der Waals surface area contributed by atoms with Crippen molar-refractivity contribution in [2.75, 3.05) is 13.1 Å². The largest absolute Gasteiger partial charge is 0.311 e. The molecule has 1 heterocycles. The number of nitrogens with zero attached hydrogens (tertiary/aromatic N) is 1. The molecule has 1 aliphatic heterocycles. The number of nitrogens with one attached hydrogen (secondary N) is 1. The summed E-state index contributed by atoms with van der Waals surface area (Å²) in [5.74, 6) is 0. The Bertz CT molecular complexity index is 172. The second kappa shape index (κ2) is 4.63. The summed E-state index contributed by atoms with van der Waals surface area (Å²) in [6.07, 6.45) is 2.59. The molecular weight excluding hydrogens is 172 g/mol. The molecule has 2 atom stereocenters. The maximum Gasteiger partial charge on any atom is 0.0198 e. The molecule has 0 bridgehead atoms. The van der Waals surface area contributed by atoms with E-state index in [4.69, 9.17) is 0 Å². The Kier molecular flexibility index (Phi) is 3.96. The van der Waals surface area contributed by atoms with Crippen LogP contribution in [0.4, 0.5) is 0 Å². The lowest BCUT2D eigenvalue weighted by atomic mass is 9.98. The SMILES string of the molecule is CCCC1CN(C(C)(C)C)C(C)CN1. The fraction of sp³-hybridized carbons (Fsp3) is 1.00. The van der Waals surface area contributed by atoms with Crippen molar-refractivity contribution < 1.29 is 0 Å². The van der Waals surface area contributed by atoms with E-state index in [9.17, 15) is 0 Å². The maximum absolute atomic E-state index is 3.63. The number of hydrogen-bond donors (Lipinski definition) is 1. The van der Waals surface area contributed by atoms with Crippen LogP contribution in [-0.2, 0) is 0 Å². The Labute approximate surface area is 89.1 Å². The molecule has 1 rings (SSSR count). The van der Waals surface area contributed by atoms with Crippen molar-refractivity contribution in [3.05, 3.63) is 0 Å². The number of piperazine rings is 1. The van der Waals surface area contributed by atoms with Gasteiger partial charge in [-0.3, -0.25) is 4.90 Å². The van der Waals surface area contributed by atoms with Crippen LogP contribution >= 0.6 is 0 Å². The van der Waals surface area contributed by atoms with Gasteiger partial charge in [-0.05, 0) is 34.1 Å². The molecule has 84 valence electrons. The van der Waals surface area contributed by atoms with Crippen molar-refractivity contribution in [2.24, 2.45) is 0 Å². The first-order valence-electron chi connectivity index (χ1n) is 5.95. The van der Waals surface area contributed by atoms with Crippen LogP contribution in [0.25, 0.3) is 0 Å². The van der Waals surface area contributed by atoms with E-state index in [1.54, 1.807) is 0 Å². The van der Waals surface area contributed by atoms with E-state index in [0.717, 1.165) is 6.54 Å². The quantitative estimate of drug-likeness (QED) is 0.732. The molecule has 0 aromatic carbocycles. The normalized spacial score (nSPS) is 30.6. The molecule has 0 aliphatic carbocycles. The topological polar surface area (TPSA) is 15.3 Å². The van der Waals surface area contributed by atoms with Gasteiger partial charge in [0.25, 0.3) is 0 Å². The van der Waals surface area contributed by atoms with E-state index >= 15 is 0 Å². The minimum absolute atomic E-state index is 0.313. The Morgan fingerprint density at radius 3 is 2.50 bits per heavy atom. The third kappa shape index (κ3) is 2.96.